The van der Waals surface area contributed by atoms with Crippen LogP contribution in [0.1, 0.15) is 17.5 Å². The number of aliphatic imine (C=N–C) groups is 1. The molecule has 1 aromatic rings. The number of hydrogen-bond donors (Lipinski definition) is 0. The molecule has 3 heteroatoms. The van der Waals surface area contributed by atoms with E-state index in [9.17, 15) is 0 Å². The maximum atomic E-state index is 4.52. The van der Waals surface area contributed by atoms with Gasteiger partial charge in [0.05, 0.1) is 5.71 Å². The van der Waals surface area contributed by atoms with Gasteiger partial charge in [0.2, 0.25) is 0 Å². The first-order valence-corrected chi connectivity index (χ1v) is 6.38. The van der Waals surface area contributed by atoms with Crippen molar-refractivity contribution in [1.29, 1.82) is 0 Å². The Hall–Kier alpha value is -1.57. The molecule has 5 rings (SSSR count). The quantitative estimate of drug-likeness (QED) is 0.663. The van der Waals surface area contributed by atoms with E-state index in [4.69, 9.17) is 0 Å². The third kappa shape index (κ3) is 1.37. The van der Waals surface area contributed by atoms with Gasteiger partial charge < -0.3 is 0 Å². The number of allylic oxidation sites excluding steroid dienone is 6. The topological polar surface area (TPSA) is 12.4 Å². The van der Waals surface area contributed by atoms with Crippen molar-refractivity contribution < 1.29 is 0 Å². The van der Waals surface area contributed by atoms with Crippen molar-refractivity contribution in [2.75, 3.05) is 0 Å². The molecule has 2 bridgehead atoms. The highest BCUT2D eigenvalue weighted by Gasteiger charge is 2.46. The third-order valence-corrected chi connectivity index (χ3v) is 4.46. The summed E-state index contributed by atoms with van der Waals surface area (Å²) in [7, 11) is 0. The van der Waals surface area contributed by atoms with Crippen LogP contribution in [0.5, 0.6) is 0 Å². The Balaban J connectivity index is 0.000000605. The average Bonchev–Trinajstić information content (AvgIpc) is 2.89. The Labute approximate surface area is 130 Å². The van der Waals surface area contributed by atoms with E-state index in [1.54, 1.807) is 0 Å². The van der Waals surface area contributed by atoms with Gasteiger partial charge in [-0.2, -0.15) is 0 Å². The van der Waals surface area contributed by atoms with Gasteiger partial charge in [-0.25, -0.2) is 0 Å². The van der Waals surface area contributed by atoms with Gasteiger partial charge in [-0.1, -0.05) is 42.5 Å². The average molecular weight is 302 g/mol. The number of rotatable bonds is 0. The highest BCUT2D eigenvalue weighted by molar-refractivity contribution is 6.22. The molecule has 0 spiro atoms. The van der Waals surface area contributed by atoms with Gasteiger partial charge in [-0.15, -0.1) is 24.8 Å². The van der Waals surface area contributed by atoms with Crippen LogP contribution in [0.25, 0.3) is 11.6 Å². The van der Waals surface area contributed by atoms with Crippen LogP contribution in [0.3, 0.4) is 0 Å². The predicted octanol–water partition coefficient (Wildman–Crippen LogP) is 4.61. The Morgan fingerprint density at radius 1 is 1.00 bits per heavy atom. The lowest BCUT2D eigenvalue weighted by Gasteiger charge is -2.32. The molecule has 0 amide bonds. The summed E-state index contributed by atoms with van der Waals surface area (Å²) in [6.07, 6.45) is 12.3. The van der Waals surface area contributed by atoms with Crippen LogP contribution < -0.4 is 0 Å². The van der Waals surface area contributed by atoms with Crippen LogP contribution in [0.4, 0.5) is 0 Å². The highest BCUT2D eigenvalue weighted by Crippen LogP contribution is 2.59. The Morgan fingerprint density at radius 3 is 2.70 bits per heavy atom. The van der Waals surface area contributed by atoms with Crippen LogP contribution in [-0.4, -0.2) is 5.71 Å². The summed E-state index contributed by atoms with van der Waals surface area (Å²) in [4.78, 5) is 4.52. The summed E-state index contributed by atoms with van der Waals surface area (Å²) in [5, 5.41) is 0. The summed E-state index contributed by atoms with van der Waals surface area (Å²) in [5.41, 5.74) is 8.26. The Kier molecular flexibility index (Phi) is 2.82. The summed E-state index contributed by atoms with van der Waals surface area (Å²) < 4.78 is 0. The summed E-state index contributed by atoms with van der Waals surface area (Å²) in [5.74, 6) is 0. The Bertz CT molecular complexity index is 765. The molecule has 4 aliphatic rings. The number of halogens is 2. The zero-order valence-corrected chi connectivity index (χ0v) is 12.3. The Morgan fingerprint density at radius 2 is 1.80 bits per heavy atom. The van der Waals surface area contributed by atoms with E-state index in [-0.39, 0.29) is 30.2 Å². The lowest BCUT2D eigenvalue weighted by Crippen LogP contribution is -2.20. The van der Waals surface area contributed by atoms with Crippen LogP contribution in [-0.2, 0) is 0 Å². The SMILES string of the molecule is C1=CC23C=Cc4ccccc4C2=C2C(=CN=C12)C3.Cl.Cl. The largest absolute Gasteiger partial charge is 0.256 e. The van der Waals surface area contributed by atoms with Gasteiger partial charge in [-0.3, -0.25) is 4.99 Å². The van der Waals surface area contributed by atoms with E-state index in [0.29, 0.717) is 0 Å². The molecule has 0 radical (unpaired) electrons. The van der Waals surface area contributed by atoms with Crippen molar-refractivity contribution in [2.24, 2.45) is 10.4 Å². The second-order valence-electron chi connectivity index (χ2n) is 5.39. The van der Waals surface area contributed by atoms with E-state index in [2.05, 4.69) is 59.8 Å². The van der Waals surface area contributed by atoms with Crippen molar-refractivity contribution in [3.63, 3.8) is 0 Å². The first kappa shape index (κ1) is 13.4. The van der Waals surface area contributed by atoms with Crippen molar-refractivity contribution in [3.8, 4) is 0 Å². The molecular weight excluding hydrogens is 289 g/mol. The molecule has 0 aromatic heterocycles. The second-order valence-corrected chi connectivity index (χ2v) is 5.39. The summed E-state index contributed by atoms with van der Waals surface area (Å²) >= 11 is 0. The third-order valence-electron chi connectivity index (χ3n) is 4.46. The fourth-order valence-electron chi connectivity index (χ4n) is 3.69. The number of fused-ring (bicyclic) bond motifs is 1. The van der Waals surface area contributed by atoms with E-state index >= 15 is 0 Å². The van der Waals surface area contributed by atoms with E-state index in [0.717, 1.165) is 12.1 Å². The predicted molar refractivity (Wildman–Crippen MR) is 88.6 cm³/mol. The van der Waals surface area contributed by atoms with Crippen molar-refractivity contribution in [3.05, 3.63) is 71.0 Å². The number of hydrogen-bond acceptors (Lipinski definition) is 1. The van der Waals surface area contributed by atoms with Gasteiger partial charge in [0.1, 0.15) is 0 Å². The van der Waals surface area contributed by atoms with Crippen molar-refractivity contribution >= 4 is 42.2 Å². The minimum Gasteiger partial charge on any atom is -0.256 e. The molecule has 1 heterocycles. The zero-order chi connectivity index (χ0) is 11.7. The number of benzene rings is 1. The maximum absolute atomic E-state index is 4.52. The minimum atomic E-state index is 0. The first-order valence-electron chi connectivity index (χ1n) is 6.38. The summed E-state index contributed by atoms with van der Waals surface area (Å²) in [6.45, 7) is 0. The summed E-state index contributed by atoms with van der Waals surface area (Å²) in [6, 6.07) is 8.68. The fourth-order valence-corrected chi connectivity index (χ4v) is 3.69. The molecule has 1 atom stereocenters. The van der Waals surface area contributed by atoms with Gasteiger partial charge in [0.25, 0.3) is 0 Å². The highest BCUT2D eigenvalue weighted by atomic mass is 35.5. The second kappa shape index (κ2) is 4.21. The molecule has 1 unspecified atom stereocenters. The standard InChI is InChI=1S/C17H11N.2ClH/c1-2-4-13-11(3-1)5-7-17-8-6-14-15(16(13)17)12(9-17)10-18-14;;/h1-8,10H,9H2;2*1H. The molecule has 1 aliphatic heterocycles. The van der Waals surface area contributed by atoms with Gasteiger partial charge in [-0.05, 0) is 34.8 Å². The molecule has 3 aliphatic carbocycles. The van der Waals surface area contributed by atoms with Crippen LogP contribution >= 0.6 is 24.8 Å². The maximum Gasteiger partial charge on any atom is 0.0706 e. The fraction of sp³-hybridized carbons (Fsp3) is 0.118. The zero-order valence-electron chi connectivity index (χ0n) is 10.7. The lowest BCUT2D eigenvalue weighted by atomic mass is 9.70. The lowest BCUT2D eigenvalue weighted by molar-refractivity contribution is 0.672. The molecule has 20 heavy (non-hydrogen) atoms. The monoisotopic (exact) mass is 301 g/mol. The smallest absolute Gasteiger partial charge is 0.0706 e. The van der Waals surface area contributed by atoms with Crippen LogP contribution in [0, 0.1) is 5.41 Å². The van der Waals surface area contributed by atoms with E-state index in [1.165, 1.54) is 27.8 Å². The van der Waals surface area contributed by atoms with Crippen LogP contribution in [0.15, 0.2) is 64.8 Å². The van der Waals surface area contributed by atoms with Crippen molar-refractivity contribution in [1.82, 2.24) is 0 Å². The van der Waals surface area contributed by atoms with E-state index < -0.39 is 0 Å². The number of nitrogens with zero attached hydrogens (tertiary/aromatic N) is 1. The first-order chi connectivity index (χ1) is 8.87. The molecule has 0 saturated carbocycles. The molecule has 0 saturated heterocycles. The molecule has 1 nitrogen and oxygen atoms in total. The van der Waals surface area contributed by atoms with Gasteiger partial charge in [0.15, 0.2) is 0 Å². The van der Waals surface area contributed by atoms with Gasteiger partial charge >= 0.3 is 0 Å². The molecule has 0 N–H and O–H groups in total. The molecular formula is C17H13Cl2N. The van der Waals surface area contributed by atoms with Gasteiger partial charge in [0, 0.05) is 17.2 Å². The normalized spacial score (nSPS) is 26.2. The van der Waals surface area contributed by atoms with Crippen LogP contribution in [0.2, 0.25) is 0 Å². The molecule has 1 aromatic carbocycles. The van der Waals surface area contributed by atoms with E-state index in [1.807, 2.05) is 0 Å². The molecule has 0 fully saturated rings. The van der Waals surface area contributed by atoms with Crippen molar-refractivity contribution in [2.45, 2.75) is 6.42 Å². The molecule has 100 valence electrons. The minimum absolute atomic E-state index is 0.